The first-order chi connectivity index (χ1) is 36.9. The summed E-state index contributed by atoms with van der Waals surface area (Å²) in [4.78, 5) is 44.7. The van der Waals surface area contributed by atoms with Crippen LogP contribution in [0.5, 0.6) is 40.2 Å². The van der Waals surface area contributed by atoms with Gasteiger partial charge in [0.25, 0.3) is 17.6 Å². The van der Waals surface area contributed by atoms with E-state index in [-0.39, 0.29) is 22.9 Å². The molecule has 15 heteroatoms. The molecule has 76 heavy (non-hydrogen) atoms. The Morgan fingerprint density at radius 3 is 1.09 bits per heavy atom. The smallest absolute Gasteiger partial charge is 0.292 e. The number of hydrogen-bond acceptors (Lipinski definition) is 13. The Bertz CT molecular complexity index is 3320. The van der Waals surface area contributed by atoms with Crippen LogP contribution >= 0.6 is 0 Å². The number of anilines is 2. The van der Waals surface area contributed by atoms with Gasteiger partial charge < -0.3 is 30.4 Å². The number of carbonyl (C=O) groups excluding carboxylic acids is 2. The number of rotatable bonds is 17. The second-order valence-electron chi connectivity index (χ2n) is 16.5. The van der Waals surface area contributed by atoms with E-state index in [0.29, 0.717) is 71.6 Å². The zero-order valence-electron chi connectivity index (χ0n) is 40.9. The molecule has 0 unspecified atom stereocenters. The second-order valence-corrected chi connectivity index (χ2v) is 16.5. The molecule has 9 aromatic rings. The van der Waals surface area contributed by atoms with Crippen LogP contribution in [-0.2, 0) is 35.3 Å². The molecule has 9 aromatic carbocycles. The third-order valence-corrected chi connectivity index (χ3v) is 10.5. The number of nitro benzene ring substituents is 2. The van der Waals surface area contributed by atoms with E-state index in [4.69, 9.17) is 30.9 Å². The third-order valence-electron chi connectivity index (χ3n) is 10.5. The van der Waals surface area contributed by atoms with Gasteiger partial charge in [0.2, 0.25) is 0 Å². The molecule has 0 bridgehead atoms. The number of carbonyl (C=O) groups is 2. The van der Waals surface area contributed by atoms with E-state index >= 15 is 0 Å². The van der Waals surface area contributed by atoms with Gasteiger partial charge >= 0.3 is 0 Å². The highest BCUT2D eigenvalue weighted by molar-refractivity contribution is 5.83. The van der Waals surface area contributed by atoms with Crippen LogP contribution in [0.4, 0.5) is 22.7 Å². The summed E-state index contributed by atoms with van der Waals surface area (Å²) >= 11 is 0. The number of Topliss-reactive ketones (excluding diaryl/α,β-unsaturated/α-hetero) is 2. The minimum absolute atomic E-state index is 0.0117. The fourth-order valence-electron chi connectivity index (χ4n) is 7.00. The molecule has 0 saturated carbocycles. The van der Waals surface area contributed by atoms with Gasteiger partial charge in [-0.1, -0.05) is 109 Å². The van der Waals surface area contributed by atoms with Crippen LogP contribution in [0.3, 0.4) is 0 Å². The van der Waals surface area contributed by atoms with Crippen molar-refractivity contribution in [2.24, 2.45) is 0 Å². The summed E-state index contributed by atoms with van der Waals surface area (Å²) in [5, 5.41) is 29.2. The normalized spacial score (nSPS) is 9.93. The summed E-state index contributed by atoms with van der Waals surface area (Å²) in [5.41, 5.74) is 16.5. The molecule has 0 radical (unpaired) electrons. The zero-order chi connectivity index (χ0) is 53.9. The van der Waals surface area contributed by atoms with E-state index in [0.717, 1.165) is 28.0 Å². The fraction of sp³-hybridized carbons (Fsp3) is 0.0656. The van der Waals surface area contributed by atoms with Crippen LogP contribution in [0.1, 0.15) is 22.3 Å². The lowest BCUT2D eigenvalue weighted by Crippen LogP contribution is -2.06. The Hall–Kier alpha value is -10.6. The number of nitrogens with zero attached hydrogens (tertiary/aromatic N) is 3. The van der Waals surface area contributed by atoms with Crippen LogP contribution in [-0.4, -0.2) is 21.4 Å². The number of ketones is 2. The van der Waals surface area contributed by atoms with Crippen molar-refractivity contribution in [2.75, 3.05) is 11.5 Å². The molecular formula is C61H51N5O10. The number of para-hydroxylation sites is 1. The van der Waals surface area contributed by atoms with Crippen LogP contribution in [0, 0.1) is 31.7 Å². The molecule has 0 aliphatic rings. The quantitative estimate of drug-likeness (QED) is 0.0374. The summed E-state index contributed by atoms with van der Waals surface area (Å²) in [6.07, 6.45) is 3.15. The van der Waals surface area contributed by atoms with Gasteiger partial charge in [-0.05, 0) is 119 Å². The van der Waals surface area contributed by atoms with Crippen LogP contribution in [0.25, 0.3) is 0 Å². The van der Waals surface area contributed by atoms with Gasteiger partial charge in [-0.15, -0.1) is 5.26 Å². The topological polar surface area (TPSA) is 233 Å². The van der Waals surface area contributed by atoms with Crippen molar-refractivity contribution in [3.63, 3.8) is 0 Å². The Balaban J connectivity index is 0.000000174. The van der Waals surface area contributed by atoms with Gasteiger partial charge in [0.15, 0.2) is 0 Å². The second kappa shape index (κ2) is 29.1. The Labute approximate surface area is 439 Å². The summed E-state index contributed by atoms with van der Waals surface area (Å²) < 4.78 is 21.5. The molecule has 0 aliphatic carbocycles. The monoisotopic (exact) mass is 1010 g/mol. The van der Waals surface area contributed by atoms with Gasteiger partial charge in [0, 0.05) is 67.4 Å². The van der Waals surface area contributed by atoms with E-state index in [1.165, 1.54) is 24.3 Å². The summed E-state index contributed by atoms with van der Waals surface area (Å²) in [6, 6.07) is 69.2. The van der Waals surface area contributed by atoms with Gasteiger partial charge in [-0.3, -0.25) is 29.8 Å². The van der Waals surface area contributed by atoms with E-state index in [1.807, 2.05) is 133 Å². The molecular weight excluding hydrogens is 963 g/mol. The van der Waals surface area contributed by atoms with Gasteiger partial charge in [0.05, 0.1) is 9.85 Å². The molecule has 0 atom stereocenters. The number of benzene rings is 9. The van der Waals surface area contributed by atoms with Crippen molar-refractivity contribution in [2.45, 2.75) is 25.7 Å². The van der Waals surface area contributed by atoms with E-state index < -0.39 is 9.85 Å². The molecule has 9 rings (SSSR count). The average Bonchev–Trinajstić information content (AvgIpc) is 3.41. The summed E-state index contributed by atoms with van der Waals surface area (Å²) in [6.45, 7) is 0. The van der Waals surface area contributed by atoms with E-state index in [1.54, 1.807) is 85.1 Å². The first-order valence-electron chi connectivity index (χ1n) is 23.5. The number of nitrogen functional groups attached to an aromatic ring is 2. The first kappa shape index (κ1) is 54.7. The molecule has 15 nitrogen and oxygen atoms in total. The summed E-state index contributed by atoms with van der Waals surface area (Å²) in [5.74, 6) is 4.54. The Kier molecular flexibility index (Phi) is 20.9. The third kappa shape index (κ3) is 19.5. The van der Waals surface area contributed by atoms with Crippen molar-refractivity contribution >= 4 is 34.3 Å². The SMILES string of the molecule is N#COc1ccccc1.Nc1ccc(Oc2cccc(CC(=O)Cc3ccccc3)c2)cc1.Nc1cccc(Oc2ccc([N+](=O)[O-])cc2)c1.O=C(Cc1ccccc1)Cc1cccc(Oc2ccc([N+](=O)[O-])cc2)c1. The van der Waals surface area contributed by atoms with Crippen molar-refractivity contribution in [3.8, 4) is 46.5 Å². The van der Waals surface area contributed by atoms with Gasteiger partial charge in [-0.25, -0.2) is 0 Å². The minimum Gasteiger partial charge on any atom is -0.457 e. The predicted molar refractivity (Wildman–Crippen MR) is 291 cm³/mol. The largest absolute Gasteiger partial charge is 0.457 e. The molecule has 380 valence electrons. The molecule has 4 N–H and O–H groups in total. The Morgan fingerprint density at radius 1 is 0.382 bits per heavy atom. The molecule has 0 aliphatic heterocycles. The fourth-order valence-corrected chi connectivity index (χ4v) is 7.00. The van der Waals surface area contributed by atoms with Crippen LogP contribution < -0.4 is 30.4 Å². The standard InChI is InChI=1S/C21H17NO4.C21H19NO2.C12H10N2O3.C7H5NO/c23-19(13-16-5-2-1-3-6-16)14-17-7-4-8-21(15-17)26-20-11-9-18(10-12-20)22(24)25;22-18-9-11-20(12-10-18)24-21-8-4-7-17(15-21)14-19(23)13-16-5-2-1-3-6-16;13-9-2-1-3-12(8-9)17-11-6-4-10(5-7-11)14(15)16;8-6-9-7-4-2-1-3-5-7/h1-12,15H,13-14H2;1-12,15H,13-14,22H2;1-8H,13H2;1-5H. The maximum absolute atomic E-state index is 12.2. The number of hydrogen-bond donors (Lipinski definition) is 2. The Morgan fingerprint density at radius 2 is 0.711 bits per heavy atom. The molecule has 0 aromatic heterocycles. The highest BCUT2D eigenvalue weighted by atomic mass is 16.6. The maximum atomic E-state index is 12.2. The number of ether oxygens (including phenoxy) is 4. The number of nitriles is 1. The van der Waals surface area contributed by atoms with Crippen molar-refractivity contribution in [1.82, 2.24) is 0 Å². The first-order valence-corrected chi connectivity index (χ1v) is 23.5. The molecule has 0 heterocycles. The number of nitro groups is 2. The molecule has 0 spiro atoms. The van der Waals surface area contributed by atoms with Crippen molar-refractivity contribution < 1.29 is 38.4 Å². The highest BCUT2D eigenvalue weighted by Crippen LogP contribution is 2.27. The predicted octanol–water partition coefficient (Wildman–Crippen LogP) is 13.7. The highest BCUT2D eigenvalue weighted by Gasteiger charge is 2.10. The molecule has 0 amide bonds. The lowest BCUT2D eigenvalue weighted by molar-refractivity contribution is -0.385. The number of non-ortho nitro benzene ring substituents is 2. The molecule has 0 saturated heterocycles. The maximum Gasteiger partial charge on any atom is 0.292 e. The lowest BCUT2D eigenvalue weighted by atomic mass is 10.0. The number of nitrogens with two attached hydrogens (primary N) is 2. The van der Waals surface area contributed by atoms with Gasteiger partial charge in [-0.2, -0.15) is 0 Å². The van der Waals surface area contributed by atoms with E-state index in [9.17, 15) is 29.8 Å². The van der Waals surface area contributed by atoms with Crippen LogP contribution in [0.2, 0.25) is 0 Å². The minimum atomic E-state index is -0.456. The average molecular weight is 1010 g/mol. The van der Waals surface area contributed by atoms with Crippen LogP contribution in [0.15, 0.2) is 237 Å². The molecule has 0 fully saturated rings. The van der Waals surface area contributed by atoms with Crippen molar-refractivity contribution in [1.29, 1.82) is 5.26 Å². The summed E-state index contributed by atoms with van der Waals surface area (Å²) in [7, 11) is 0. The van der Waals surface area contributed by atoms with Gasteiger partial charge in [0.1, 0.15) is 51.8 Å². The van der Waals surface area contributed by atoms with Crippen molar-refractivity contribution in [3.05, 3.63) is 279 Å². The lowest BCUT2D eigenvalue weighted by Gasteiger charge is -2.08. The van der Waals surface area contributed by atoms with E-state index in [2.05, 4.69) is 4.74 Å². The zero-order valence-corrected chi connectivity index (χ0v) is 40.9.